The number of anilines is 1. The molecule has 24 heavy (non-hydrogen) atoms. The van der Waals surface area contributed by atoms with E-state index in [1.807, 2.05) is 54.9 Å². The molecule has 0 aliphatic carbocycles. The Morgan fingerprint density at radius 2 is 2.00 bits per heavy atom. The first-order valence-corrected chi connectivity index (χ1v) is 8.74. The lowest BCUT2D eigenvalue weighted by molar-refractivity contribution is 0.929. The fourth-order valence-corrected chi connectivity index (χ4v) is 3.45. The SMILES string of the molecule is Clc1ccccc1-c1cn2nc(NCCc3ccccn3)sc2n1. The second-order valence-corrected chi connectivity index (χ2v) is 6.60. The third kappa shape index (κ3) is 3.11. The molecule has 0 aliphatic heterocycles. The van der Waals surface area contributed by atoms with E-state index in [0.29, 0.717) is 5.02 Å². The molecule has 0 atom stereocenters. The number of aromatic nitrogens is 4. The molecule has 0 unspecified atom stereocenters. The van der Waals surface area contributed by atoms with Gasteiger partial charge >= 0.3 is 0 Å². The number of pyridine rings is 1. The molecule has 0 aliphatic rings. The van der Waals surface area contributed by atoms with Crippen LogP contribution >= 0.6 is 22.9 Å². The highest BCUT2D eigenvalue weighted by Gasteiger charge is 2.11. The molecule has 0 saturated heterocycles. The Bertz CT molecular complexity index is 932. The minimum Gasteiger partial charge on any atom is -0.360 e. The molecule has 0 amide bonds. The third-order valence-electron chi connectivity index (χ3n) is 3.58. The quantitative estimate of drug-likeness (QED) is 0.584. The molecule has 0 fully saturated rings. The maximum absolute atomic E-state index is 6.23. The number of hydrogen-bond acceptors (Lipinski definition) is 5. The van der Waals surface area contributed by atoms with E-state index in [-0.39, 0.29) is 0 Å². The second kappa shape index (κ2) is 6.59. The van der Waals surface area contributed by atoms with E-state index in [1.54, 1.807) is 4.52 Å². The molecule has 1 aromatic carbocycles. The summed E-state index contributed by atoms with van der Waals surface area (Å²) < 4.78 is 1.78. The van der Waals surface area contributed by atoms with Gasteiger partial charge in [-0.15, -0.1) is 5.10 Å². The van der Waals surface area contributed by atoms with Crippen LogP contribution < -0.4 is 5.32 Å². The van der Waals surface area contributed by atoms with E-state index < -0.39 is 0 Å². The summed E-state index contributed by atoms with van der Waals surface area (Å²) in [5, 5.41) is 9.38. The van der Waals surface area contributed by atoms with Crippen LogP contribution in [0.15, 0.2) is 54.9 Å². The predicted molar refractivity (Wildman–Crippen MR) is 97.7 cm³/mol. The van der Waals surface area contributed by atoms with Crippen molar-refractivity contribution in [1.29, 1.82) is 0 Å². The number of nitrogens with zero attached hydrogens (tertiary/aromatic N) is 4. The van der Waals surface area contributed by atoms with Crippen molar-refractivity contribution >= 4 is 33.0 Å². The summed E-state index contributed by atoms with van der Waals surface area (Å²) in [5.41, 5.74) is 2.81. The van der Waals surface area contributed by atoms with Crippen molar-refractivity contribution in [1.82, 2.24) is 19.6 Å². The minimum atomic E-state index is 0.692. The van der Waals surface area contributed by atoms with Crippen LogP contribution in [0.5, 0.6) is 0 Å². The average Bonchev–Trinajstić information content (AvgIpc) is 3.15. The van der Waals surface area contributed by atoms with E-state index in [1.165, 1.54) is 11.3 Å². The smallest absolute Gasteiger partial charge is 0.214 e. The Labute approximate surface area is 148 Å². The van der Waals surface area contributed by atoms with Crippen molar-refractivity contribution in [2.45, 2.75) is 6.42 Å². The largest absolute Gasteiger partial charge is 0.360 e. The van der Waals surface area contributed by atoms with Crippen molar-refractivity contribution in [3.63, 3.8) is 0 Å². The van der Waals surface area contributed by atoms with Crippen LogP contribution in [0, 0.1) is 0 Å². The number of benzene rings is 1. The van der Waals surface area contributed by atoms with Gasteiger partial charge in [-0.2, -0.15) is 0 Å². The van der Waals surface area contributed by atoms with Gasteiger partial charge in [0.1, 0.15) is 0 Å². The molecule has 0 bridgehead atoms. The summed E-state index contributed by atoms with van der Waals surface area (Å²) in [5.74, 6) is 0. The number of halogens is 1. The molecular weight excluding hydrogens is 342 g/mol. The molecule has 1 N–H and O–H groups in total. The molecule has 0 radical (unpaired) electrons. The van der Waals surface area contributed by atoms with Crippen molar-refractivity contribution in [3.8, 4) is 11.3 Å². The highest BCUT2D eigenvalue weighted by atomic mass is 35.5. The van der Waals surface area contributed by atoms with Crippen molar-refractivity contribution in [3.05, 3.63) is 65.6 Å². The summed E-state index contributed by atoms with van der Waals surface area (Å²) in [7, 11) is 0. The Balaban J connectivity index is 1.47. The standard InChI is InChI=1S/C17H14ClN5S/c18-14-7-2-1-6-13(14)15-11-23-17(21-15)24-16(22-23)20-10-8-12-5-3-4-9-19-12/h1-7,9,11H,8,10H2,(H,20,22). The first-order chi connectivity index (χ1) is 11.8. The number of nitrogens with one attached hydrogen (secondary N) is 1. The highest BCUT2D eigenvalue weighted by Crippen LogP contribution is 2.29. The monoisotopic (exact) mass is 355 g/mol. The van der Waals surface area contributed by atoms with Gasteiger partial charge in [0.05, 0.1) is 16.9 Å². The van der Waals surface area contributed by atoms with Gasteiger partial charge in [-0.3, -0.25) is 4.98 Å². The first-order valence-electron chi connectivity index (χ1n) is 7.54. The number of fused-ring (bicyclic) bond motifs is 1. The lowest BCUT2D eigenvalue weighted by Gasteiger charge is -2.01. The Morgan fingerprint density at radius 3 is 2.79 bits per heavy atom. The third-order valence-corrected chi connectivity index (χ3v) is 4.79. The fraction of sp³-hybridized carbons (Fsp3) is 0.118. The summed E-state index contributed by atoms with van der Waals surface area (Å²) >= 11 is 7.75. The van der Waals surface area contributed by atoms with Crippen molar-refractivity contribution < 1.29 is 0 Å². The zero-order chi connectivity index (χ0) is 16.4. The van der Waals surface area contributed by atoms with E-state index in [9.17, 15) is 0 Å². The summed E-state index contributed by atoms with van der Waals surface area (Å²) in [6, 6.07) is 13.6. The lowest BCUT2D eigenvalue weighted by atomic mass is 10.2. The molecule has 5 nitrogen and oxygen atoms in total. The van der Waals surface area contributed by atoms with Crippen LogP contribution in [0.1, 0.15) is 5.69 Å². The number of imidazole rings is 1. The van der Waals surface area contributed by atoms with E-state index in [2.05, 4.69) is 20.4 Å². The molecule has 4 aromatic rings. The topological polar surface area (TPSA) is 55.1 Å². The molecule has 7 heteroatoms. The minimum absolute atomic E-state index is 0.692. The molecular formula is C17H14ClN5S. The normalized spacial score (nSPS) is 11.0. The number of hydrogen-bond donors (Lipinski definition) is 1. The van der Waals surface area contributed by atoms with Gasteiger partial charge in [0.15, 0.2) is 0 Å². The van der Waals surface area contributed by atoms with Crippen LogP contribution in [0.4, 0.5) is 5.13 Å². The van der Waals surface area contributed by atoms with E-state index in [4.69, 9.17) is 11.6 Å². The second-order valence-electron chi connectivity index (χ2n) is 5.24. The van der Waals surface area contributed by atoms with Crippen molar-refractivity contribution in [2.24, 2.45) is 0 Å². The maximum Gasteiger partial charge on any atom is 0.214 e. The molecule has 3 aromatic heterocycles. The first kappa shape index (κ1) is 15.1. The van der Waals surface area contributed by atoms with Gasteiger partial charge in [-0.25, -0.2) is 9.50 Å². The predicted octanol–water partition coefficient (Wildman–Crippen LogP) is 4.16. The maximum atomic E-state index is 6.23. The lowest BCUT2D eigenvalue weighted by Crippen LogP contribution is -2.05. The zero-order valence-electron chi connectivity index (χ0n) is 12.7. The zero-order valence-corrected chi connectivity index (χ0v) is 14.3. The highest BCUT2D eigenvalue weighted by molar-refractivity contribution is 7.20. The van der Waals surface area contributed by atoms with Gasteiger partial charge in [0.2, 0.25) is 10.1 Å². The molecule has 4 rings (SSSR count). The van der Waals surface area contributed by atoms with Crippen LogP contribution in [0.25, 0.3) is 16.2 Å². The number of rotatable bonds is 5. The van der Waals surface area contributed by atoms with Gasteiger partial charge in [-0.05, 0) is 18.2 Å². The van der Waals surface area contributed by atoms with Gasteiger partial charge in [0, 0.05) is 30.4 Å². The van der Waals surface area contributed by atoms with Crippen LogP contribution in [-0.2, 0) is 6.42 Å². The summed E-state index contributed by atoms with van der Waals surface area (Å²) in [6.07, 6.45) is 4.56. The average molecular weight is 356 g/mol. The van der Waals surface area contributed by atoms with Crippen molar-refractivity contribution in [2.75, 3.05) is 11.9 Å². The molecule has 0 spiro atoms. The van der Waals surface area contributed by atoms with Gasteiger partial charge in [0.25, 0.3) is 0 Å². The Hall–Kier alpha value is -2.44. The molecule has 120 valence electrons. The summed E-state index contributed by atoms with van der Waals surface area (Å²) in [6.45, 7) is 0.783. The fourth-order valence-electron chi connectivity index (χ4n) is 2.41. The summed E-state index contributed by atoms with van der Waals surface area (Å²) in [4.78, 5) is 9.76. The molecule has 3 heterocycles. The van der Waals surface area contributed by atoms with Crippen LogP contribution in [0.2, 0.25) is 5.02 Å². The Kier molecular flexibility index (Phi) is 4.15. The molecule has 0 saturated carbocycles. The van der Waals surface area contributed by atoms with E-state index >= 15 is 0 Å². The van der Waals surface area contributed by atoms with E-state index in [0.717, 1.165) is 40.0 Å². The van der Waals surface area contributed by atoms with Gasteiger partial charge in [-0.1, -0.05) is 47.2 Å². The van der Waals surface area contributed by atoms with Crippen LogP contribution in [-0.4, -0.2) is 26.1 Å². The van der Waals surface area contributed by atoms with Gasteiger partial charge < -0.3 is 5.32 Å². The Morgan fingerprint density at radius 1 is 1.12 bits per heavy atom. The van der Waals surface area contributed by atoms with Crippen LogP contribution in [0.3, 0.4) is 0 Å².